The van der Waals surface area contributed by atoms with Crippen LogP contribution in [0.5, 0.6) is 5.88 Å². The lowest BCUT2D eigenvalue weighted by Crippen LogP contribution is -2.20. The fraction of sp³-hybridized carbons (Fsp3) is 0.143. The van der Waals surface area contributed by atoms with Gasteiger partial charge in [0.15, 0.2) is 5.65 Å². The molecule has 0 fully saturated rings. The Morgan fingerprint density at radius 1 is 1.33 bits per heavy atom. The van der Waals surface area contributed by atoms with Crippen LogP contribution in [0.25, 0.3) is 11.0 Å². The smallest absolute Gasteiger partial charge is 0.272 e. The van der Waals surface area contributed by atoms with Crippen molar-refractivity contribution in [1.29, 1.82) is 0 Å². The zero-order valence-electron chi connectivity index (χ0n) is 12.5. The van der Waals surface area contributed by atoms with Crippen molar-refractivity contribution < 1.29 is 10.0 Å². The fourth-order valence-electron chi connectivity index (χ4n) is 2.44. The van der Waals surface area contributed by atoms with Crippen molar-refractivity contribution in [1.82, 2.24) is 19.7 Å². The Morgan fingerprint density at radius 2 is 2.04 bits per heavy atom. The minimum absolute atomic E-state index is 0.0305. The van der Waals surface area contributed by atoms with E-state index in [4.69, 9.17) is 5.73 Å². The normalized spacial score (nSPS) is 10.9. The van der Waals surface area contributed by atoms with Crippen molar-refractivity contribution in [3.8, 4) is 5.88 Å². The summed E-state index contributed by atoms with van der Waals surface area (Å²) in [6.45, 7) is 0. The topological polar surface area (TPSA) is 150 Å². The Morgan fingerprint density at radius 3 is 2.75 bits per heavy atom. The second kappa shape index (κ2) is 5.57. The summed E-state index contributed by atoms with van der Waals surface area (Å²) >= 11 is 0. The van der Waals surface area contributed by atoms with Gasteiger partial charge in [0.05, 0.1) is 4.92 Å². The number of nitrogens with two attached hydrogens (primary N) is 1. The average molecular weight is 328 g/mol. The number of anilines is 1. The molecule has 0 aliphatic rings. The van der Waals surface area contributed by atoms with E-state index in [0.29, 0.717) is 5.56 Å². The Kier molecular flexibility index (Phi) is 3.56. The standard InChI is InChI=1S/C14H12N6O4/c1-19-12-10(13(22)17-14(15)16-12)11(21)8(18-19)6-7-4-2-3-5-9(7)20(23)24/h2-5H,6H2,1H3,(H3,15,16,17,22). The molecule has 0 unspecified atom stereocenters. The highest BCUT2D eigenvalue weighted by Crippen LogP contribution is 2.22. The van der Waals surface area contributed by atoms with Crippen LogP contribution >= 0.6 is 0 Å². The Balaban J connectivity index is 2.21. The van der Waals surface area contributed by atoms with Gasteiger partial charge in [0.1, 0.15) is 11.1 Å². The van der Waals surface area contributed by atoms with Crippen LogP contribution in [0.3, 0.4) is 0 Å². The van der Waals surface area contributed by atoms with Gasteiger partial charge in [-0.05, 0) is 0 Å². The molecule has 0 bridgehead atoms. The minimum atomic E-state index is -0.598. The number of nitrogens with zero attached hydrogens (tertiary/aromatic N) is 5. The maximum absolute atomic E-state index is 12.6. The van der Waals surface area contributed by atoms with Crippen LogP contribution in [-0.4, -0.2) is 29.8 Å². The first-order chi connectivity index (χ1) is 11.4. The summed E-state index contributed by atoms with van der Waals surface area (Å²) in [5, 5.41) is 25.0. The fourth-order valence-corrected chi connectivity index (χ4v) is 2.44. The van der Waals surface area contributed by atoms with Crippen molar-refractivity contribution in [2.45, 2.75) is 6.42 Å². The van der Waals surface area contributed by atoms with E-state index >= 15 is 0 Å². The van der Waals surface area contributed by atoms with E-state index in [-0.39, 0.29) is 34.8 Å². The highest BCUT2D eigenvalue weighted by Gasteiger charge is 2.19. The lowest BCUT2D eigenvalue weighted by atomic mass is 10.1. The van der Waals surface area contributed by atoms with Crippen molar-refractivity contribution >= 4 is 22.7 Å². The van der Waals surface area contributed by atoms with Gasteiger partial charge in [0.25, 0.3) is 5.69 Å². The quantitative estimate of drug-likeness (QED) is 0.521. The molecule has 3 aromatic rings. The van der Waals surface area contributed by atoms with Crippen LogP contribution in [-0.2, 0) is 13.5 Å². The van der Waals surface area contributed by atoms with Crippen LogP contribution in [0, 0.1) is 10.1 Å². The molecule has 1 aromatic carbocycles. The molecule has 3 N–H and O–H groups in total. The van der Waals surface area contributed by atoms with Crippen molar-refractivity contribution in [3.05, 3.63) is 55.9 Å². The van der Waals surface area contributed by atoms with E-state index in [1.165, 1.54) is 23.9 Å². The molecular formula is C14H12N6O4. The van der Waals surface area contributed by atoms with Crippen LogP contribution in [0.2, 0.25) is 0 Å². The lowest BCUT2D eigenvalue weighted by molar-refractivity contribution is -0.385. The molecular weight excluding hydrogens is 316 g/mol. The molecule has 0 spiro atoms. The molecule has 3 rings (SSSR count). The highest BCUT2D eigenvalue weighted by molar-refractivity contribution is 5.81. The van der Waals surface area contributed by atoms with Gasteiger partial charge in [0.2, 0.25) is 17.3 Å². The number of nitrogen functional groups attached to an aromatic ring is 1. The number of fused-ring (bicyclic) bond motifs is 1. The van der Waals surface area contributed by atoms with E-state index in [0.717, 1.165) is 0 Å². The molecule has 10 nitrogen and oxygen atoms in total. The number of aromatic nitrogens is 4. The second-order valence-electron chi connectivity index (χ2n) is 5.07. The number of benzene rings is 1. The molecule has 0 saturated carbocycles. The maximum atomic E-state index is 12.6. The molecule has 122 valence electrons. The van der Waals surface area contributed by atoms with Gasteiger partial charge in [-0.15, -0.1) is 0 Å². The summed E-state index contributed by atoms with van der Waals surface area (Å²) in [4.78, 5) is 30.6. The molecule has 0 saturated heterocycles. The van der Waals surface area contributed by atoms with Gasteiger partial charge >= 0.3 is 0 Å². The first-order valence-corrected chi connectivity index (χ1v) is 6.83. The van der Waals surface area contributed by atoms with Crippen LogP contribution in [0.1, 0.15) is 11.3 Å². The number of aromatic hydroxyl groups is 1. The average Bonchev–Trinajstić information content (AvgIpc) is 2.52. The number of para-hydroxylation sites is 1. The summed E-state index contributed by atoms with van der Waals surface area (Å²) in [5.74, 6) is -0.743. The molecule has 10 heteroatoms. The Bertz CT molecular complexity index is 1030. The molecule has 0 aliphatic carbocycles. The molecule has 2 aromatic heterocycles. The molecule has 0 aliphatic heterocycles. The van der Waals surface area contributed by atoms with Crippen molar-refractivity contribution in [2.75, 3.05) is 5.73 Å². The zero-order valence-corrected chi connectivity index (χ0v) is 12.5. The summed E-state index contributed by atoms with van der Waals surface area (Å²) in [5.41, 5.74) is 5.19. The third-order valence-electron chi connectivity index (χ3n) is 3.50. The molecule has 0 amide bonds. The predicted octanol–water partition coefficient (Wildman–Crippen LogP) is 0.510. The number of aryl methyl sites for hydroxylation is 1. The largest absolute Gasteiger partial charge is 0.493 e. The van der Waals surface area contributed by atoms with Crippen molar-refractivity contribution in [3.63, 3.8) is 0 Å². The molecule has 0 radical (unpaired) electrons. The van der Waals surface area contributed by atoms with Gasteiger partial charge in [-0.1, -0.05) is 18.2 Å². The van der Waals surface area contributed by atoms with Gasteiger partial charge in [0, 0.05) is 25.1 Å². The number of nitro groups is 1. The number of nitro benzene ring substituents is 1. The van der Waals surface area contributed by atoms with Crippen LogP contribution in [0.4, 0.5) is 11.6 Å². The van der Waals surface area contributed by atoms with Gasteiger partial charge < -0.3 is 10.8 Å². The maximum Gasteiger partial charge on any atom is 0.272 e. The first-order valence-electron chi connectivity index (χ1n) is 6.83. The monoisotopic (exact) mass is 328 g/mol. The van der Waals surface area contributed by atoms with Gasteiger partial charge in [-0.3, -0.25) is 14.9 Å². The second-order valence-corrected chi connectivity index (χ2v) is 5.07. The number of hydrogen-bond donors (Lipinski definition) is 2. The first kappa shape index (κ1) is 15.3. The molecule has 0 atom stereocenters. The van der Waals surface area contributed by atoms with E-state index in [1.54, 1.807) is 12.1 Å². The Hall–Kier alpha value is -3.56. The van der Waals surface area contributed by atoms with Crippen molar-refractivity contribution in [2.24, 2.45) is 7.05 Å². The van der Waals surface area contributed by atoms with E-state index in [1.807, 2.05) is 0 Å². The molecule has 24 heavy (non-hydrogen) atoms. The molecule has 2 heterocycles. The third-order valence-corrected chi connectivity index (χ3v) is 3.50. The van der Waals surface area contributed by atoms with Crippen LogP contribution < -0.4 is 11.2 Å². The predicted molar refractivity (Wildman–Crippen MR) is 84.6 cm³/mol. The van der Waals surface area contributed by atoms with Gasteiger partial charge in [-0.25, -0.2) is 4.68 Å². The van der Waals surface area contributed by atoms with Crippen LogP contribution in [0.15, 0.2) is 29.1 Å². The summed E-state index contributed by atoms with van der Waals surface area (Å²) in [7, 11) is 1.52. The number of rotatable bonds is 3. The highest BCUT2D eigenvalue weighted by atomic mass is 16.6. The third kappa shape index (κ3) is 2.49. The Labute approximate surface area is 134 Å². The van der Waals surface area contributed by atoms with Gasteiger partial charge in [-0.2, -0.15) is 15.1 Å². The van der Waals surface area contributed by atoms with E-state index < -0.39 is 16.2 Å². The summed E-state index contributed by atoms with van der Waals surface area (Å²) in [6, 6.07) is 6.07. The number of hydrogen-bond acceptors (Lipinski definition) is 8. The lowest BCUT2D eigenvalue weighted by Gasteiger charge is -2.08. The SMILES string of the molecule is Cn1nc(Cc2ccccc2[N+](=O)[O-])c(=O)c2c(O)nc(N)nc21. The zero-order chi connectivity index (χ0) is 17.4. The van der Waals surface area contributed by atoms with E-state index in [2.05, 4.69) is 15.1 Å². The van der Waals surface area contributed by atoms with E-state index in [9.17, 15) is 20.0 Å². The minimum Gasteiger partial charge on any atom is -0.493 e. The summed E-state index contributed by atoms with van der Waals surface area (Å²) < 4.78 is 1.28. The summed E-state index contributed by atoms with van der Waals surface area (Å²) in [6.07, 6.45) is -0.0659.